The molecule has 11 nitrogen and oxygen atoms in total. The van der Waals surface area contributed by atoms with Gasteiger partial charge in [-0.1, -0.05) is 28.1 Å². The SMILES string of the molecule is CS(=O)(=O)c1cccc(OC[C@@H](O)CN(C(=O)O)C2COC3(CCN(S(=O)(=O)c4cccc(Br)c4)CC3)C2)c1. The molecule has 2 saturated heterocycles. The number of piperidine rings is 1. The van der Waals surface area contributed by atoms with E-state index in [0.29, 0.717) is 23.7 Å². The predicted molar refractivity (Wildman–Crippen MR) is 145 cm³/mol. The number of halogens is 1. The summed E-state index contributed by atoms with van der Waals surface area (Å²) in [6.45, 7) is 0.163. The summed E-state index contributed by atoms with van der Waals surface area (Å²) in [5.41, 5.74) is -0.644. The Morgan fingerprint density at radius 2 is 1.82 bits per heavy atom. The first-order valence-corrected chi connectivity index (χ1v) is 16.4. The van der Waals surface area contributed by atoms with Gasteiger partial charge in [0.2, 0.25) is 10.0 Å². The topological polar surface area (TPSA) is 151 Å². The molecule has 1 amide bonds. The van der Waals surface area contributed by atoms with Crippen molar-refractivity contribution >= 4 is 41.9 Å². The zero-order valence-corrected chi connectivity index (χ0v) is 24.5. The highest BCUT2D eigenvalue weighted by Gasteiger charge is 2.47. The normalized spacial score (nSPS) is 20.5. The van der Waals surface area contributed by atoms with Crippen LogP contribution in [0.15, 0.2) is 62.8 Å². The summed E-state index contributed by atoms with van der Waals surface area (Å²) >= 11 is 3.30. The standard InChI is InChI=1S/C25H31BrN2O9S2/c1-38(32,33)22-6-3-5-21(13-22)36-17-20(29)15-28(24(30)31)19-14-25(37-16-19)8-10-27(11-9-25)39(34,35)23-7-2-4-18(26)12-23/h2-7,12-13,19-20,29H,8-11,14-17H2,1H3,(H,30,31)/t19?,20-/m0/s1. The van der Waals surface area contributed by atoms with Crippen LogP contribution in [0.4, 0.5) is 4.79 Å². The van der Waals surface area contributed by atoms with Gasteiger partial charge in [0.1, 0.15) is 18.5 Å². The average molecular weight is 648 g/mol. The van der Waals surface area contributed by atoms with Gasteiger partial charge in [-0.3, -0.25) is 0 Å². The van der Waals surface area contributed by atoms with E-state index < -0.39 is 43.7 Å². The van der Waals surface area contributed by atoms with Crippen molar-refractivity contribution in [2.45, 2.75) is 46.8 Å². The molecule has 1 unspecified atom stereocenters. The van der Waals surface area contributed by atoms with Crippen LogP contribution in [0.25, 0.3) is 0 Å². The summed E-state index contributed by atoms with van der Waals surface area (Å²) < 4.78 is 63.3. The summed E-state index contributed by atoms with van der Waals surface area (Å²) in [5, 5.41) is 20.3. The monoisotopic (exact) mass is 646 g/mol. The van der Waals surface area contributed by atoms with Crippen molar-refractivity contribution in [3.63, 3.8) is 0 Å². The molecule has 14 heteroatoms. The van der Waals surface area contributed by atoms with Gasteiger partial charge in [0, 0.05) is 23.8 Å². The largest absolute Gasteiger partial charge is 0.491 e. The van der Waals surface area contributed by atoms with E-state index >= 15 is 0 Å². The fourth-order valence-corrected chi connectivity index (χ4v) is 7.62. The molecular weight excluding hydrogens is 616 g/mol. The number of hydrogen-bond donors (Lipinski definition) is 2. The third kappa shape index (κ3) is 7.11. The Kier molecular flexibility index (Phi) is 8.93. The van der Waals surface area contributed by atoms with E-state index in [1.807, 2.05) is 0 Å². The molecule has 2 aromatic rings. The number of rotatable bonds is 9. The quantitative estimate of drug-likeness (QED) is 0.419. The van der Waals surface area contributed by atoms with Crippen LogP contribution < -0.4 is 4.74 Å². The van der Waals surface area contributed by atoms with Gasteiger partial charge in [-0.25, -0.2) is 21.6 Å². The molecule has 2 heterocycles. The first-order valence-electron chi connectivity index (χ1n) is 12.3. The molecule has 4 rings (SSSR count). The van der Waals surface area contributed by atoms with E-state index in [1.54, 1.807) is 30.3 Å². The Morgan fingerprint density at radius 3 is 2.46 bits per heavy atom. The van der Waals surface area contributed by atoms with Crippen molar-refractivity contribution in [1.29, 1.82) is 0 Å². The average Bonchev–Trinajstić information content (AvgIpc) is 3.28. The minimum Gasteiger partial charge on any atom is -0.491 e. The van der Waals surface area contributed by atoms with E-state index in [0.717, 1.165) is 11.2 Å². The highest BCUT2D eigenvalue weighted by atomic mass is 79.9. The van der Waals surface area contributed by atoms with E-state index in [2.05, 4.69) is 15.9 Å². The molecule has 0 bridgehead atoms. The van der Waals surface area contributed by atoms with E-state index in [-0.39, 0.29) is 48.4 Å². The van der Waals surface area contributed by atoms with Gasteiger partial charge in [-0.05, 0) is 55.7 Å². The van der Waals surface area contributed by atoms with Crippen LogP contribution in [-0.2, 0) is 24.6 Å². The van der Waals surface area contributed by atoms with Gasteiger partial charge in [0.15, 0.2) is 9.84 Å². The molecule has 0 aliphatic carbocycles. The molecule has 2 atom stereocenters. The van der Waals surface area contributed by atoms with Crippen molar-refractivity contribution in [2.24, 2.45) is 0 Å². The summed E-state index contributed by atoms with van der Waals surface area (Å²) in [6, 6.07) is 11.9. The Hall–Kier alpha value is -2.23. The third-order valence-electron chi connectivity index (χ3n) is 7.03. The zero-order valence-electron chi connectivity index (χ0n) is 21.3. The molecule has 39 heavy (non-hydrogen) atoms. The minimum absolute atomic E-state index is 0.0746. The Labute approximate surface area is 236 Å². The van der Waals surface area contributed by atoms with Crippen molar-refractivity contribution in [1.82, 2.24) is 9.21 Å². The number of ether oxygens (including phenoxy) is 2. The molecule has 214 valence electrons. The lowest BCUT2D eigenvalue weighted by Crippen LogP contribution is -2.48. The molecule has 0 radical (unpaired) electrons. The van der Waals surface area contributed by atoms with Crippen molar-refractivity contribution in [3.05, 3.63) is 53.0 Å². The first-order chi connectivity index (χ1) is 18.3. The summed E-state index contributed by atoms with van der Waals surface area (Å²) in [4.78, 5) is 13.5. The van der Waals surface area contributed by atoms with E-state index in [1.165, 1.54) is 22.5 Å². The number of carbonyl (C=O) groups is 1. The van der Waals surface area contributed by atoms with Gasteiger partial charge < -0.3 is 24.6 Å². The number of aliphatic hydroxyl groups is 1. The molecule has 0 aromatic heterocycles. The van der Waals surface area contributed by atoms with Gasteiger partial charge in [0.05, 0.1) is 34.6 Å². The summed E-state index contributed by atoms with van der Waals surface area (Å²) in [6.07, 6.45) is -0.0781. The maximum Gasteiger partial charge on any atom is 0.407 e. The van der Waals surface area contributed by atoms with Crippen LogP contribution >= 0.6 is 15.9 Å². The van der Waals surface area contributed by atoms with Gasteiger partial charge >= 0.3 is 6.09 Å². The lowest BCUT2D eigenvalue weighted by Gasteiger charge is -2.38. The van der Waals surface area contributed by atoms with Gasteiger partial charge in [-0.2, -0.15) is 4.31 Å². The molecule has 2 fully saturated rings. The second-order valence-corrected chi connectivity index (χ2v) is 14.7. The van der Waals surface area contributed by atoms with Crippen LogP contribution in [0, 0.1) is 0 Å². The molecule has 1 spiro atoms. The van der Waals surface area contributed by atoms with Crippen LogP contribution in [0.2, 0.25) is 0 Å². The number of amides is 1. The highest BCUT2D eigenvalue weighted by Crippen LogP contribution is 2.39. The minimum atomic E-state index is -3.67. The Bertz CT molecular complexity index is 1410. The molecule has 2 aromatic carbocycles. The van der Waals surface area contributed by atoms with Crippen molar-refractivity contribution in [2.75, 3.05) is 39.1 Å². The Morgan fingerprint density at radius 1 is 1.15 bits per heavy atom. The number of benzene rings is 2. The second kappa shape index (κ2) is 11.7. The Balaban J connectivity index is 1.33. The molecular formula is C25H31BrN2O9S2. The van der Waals surface area contributed by atoms with Crippen LogP contribution in [0.1, 0.15) is 19.3 Å². The second-order valence-electron chi connectivity index (χ2n) is 9.86. The number of nitrogens with zero attached hydrogens (tertiary/aromatic N) is 2. The third-order valence-corrected chi connectivity index (χ3v) is 10.5. The smallest absolute Gasteiger partial charge is 0.407 e. The number of sulfone groups is 1. The van der Waals surface area contributed by atoms with Crippen molar-refractivity contribution in [3.8, 4) is 5.75 Å². The lowest BCUT2D eigenvalue weighted by molar-refractivity contribution is -0.0319. The van der Waals surface area contributed by atoms with Crippen LogP contribution in [-0.4, -0.2) is 99.2 Å². The number of hydrogen-bond acceptors (Lipinski definition) is 8. The number of carboxylic acid groups (broad SMARTS) is 1. The number of sulfonamides is 1. The van der Waals surface area contributed by atoms with E-state index in [4.69, 9.17) is 9.47 Å². The highest BCUT2D eigenvalue weighted by molar-refractivity contribution is 9.10. The lowest BCUT2D eigenvalue weighted by atomic mass is 9.88. The summed E-state index contributed by atoms with van der Waals surface area (Å²) in [5.74, 6) is 0.242. The maximum atomic E-state index is 13.1. The summed E-state index contributed by atoms with van der Waals surface area (Å²) in [7, 11) is -7.09. The fraction of sp³-hybridized carbons (Fsp3) is 0.480. The molecule has 0 saturated carbocycles. The predicted octanol–water partition coefficient (Wildman–Crippen LogP) is 2.58. The van der Waals surface area contributed by atoms with Crippen LogP contribution in [0.3, 0.4) is 0 Å². The molecule has 2 N–H and O–H groups in total. The molecule has 2 aliphatic rings. The maximum absolute atomic E-state index is 13.1. The van der Waals surface area contributed by atoms with Crippen molar-refractivity contribution < 1.29 is 41.3 Å². The molecule has 2 aliphatic heterocycles. The van der Waals surface area contributed by atoms with Crippen LogP contribution in [0.5, 0.6) is 5.75 Å². The zero-order chi connectivity index (χ0) is 28.4. The fourth-order valence-electron chi connectivity index (χ4n) is 4.93. The van der Waals surface area contributed by atoms with E-state index in [9.17, 15) is 31.8 Å². The number of aliphatic hydroxyl groups excluding tert-OH is 1. The van der Waals surface area contributed by atoms with Gasteiger partial charge in [-0.15, -0.1) is 0 Å². The first kappa shape index (κ1) is 29.7. The van der Waals surface area contributed by atoms with Gasteiger partial charge in [0.25, 0.3) is 0 Å².